The Morgan fingerprint density at radius 1 is 1.28 bits per heavy atom. The van der Waals surface area contributed by atoms with Crippen LogP contribution in [0.5, 0.6) is 0 Å². The van der Waals surface area contributed by atoms with Crippen molar-refractivity contribution in [2.24, 2.45) is 0 Å². The summed E-state index contributed by atoms with van der Waals surface area (Å²) in [6, 6.07) is 2.10. The summed E-state index contributed by atoms with van der Waals surface area (Å²) in [7, 11) is 0. The molecule has 0 saturated heterocycles. The van der Waals surface area contributed by atoms with Crippen molar-refractivity contribution in [2.45, 2.75) is 44.9 Å². The van der Waals surface area contributed by atoms with Crippen molar-refractivity contribution < 1.29 is 4.79 Å². The van der Waals surface area contributed by atoms with Crippen LogP contribution in [0, 0.1) is 0 Å². The Balaban J connectivity index is 1.68. The van der Waals surface area contributed by atoms with Crippen LogP contribution in [0.4, 0.5) is 0 Å². The molecule has 0 fully saturated rings. The number of thiophene rings is 1. The van der Waals surface area contributed by atoms with Gasteiger partial charge < -0.3 is 5.32 Å². The molecular formula is C14H20INOS. The van der Waals surface area contributed by atoms with Gasteiger partial charge in [0.05, 0.1) is 4.88 Å². The monoisotopic (exact) mass is 377 g/mol. The van der Waals surface area contributed by atoms with E-state index < -0.39 is 0 Å². The third kappa shape index (κ3) is 3.95. The molecule has 4 heteroatoms. The van der Waals surface area contributed by atoms with E-state index in [2.05, 4.69) is 34.0 Å². The zero-order valence-corrected chi connectivity index (χ0v) is 13.6. The van der Waals surface area contributed by atoms with Crippen LogP contribution in [0.3, 0.4) is 0 Å². The Morgan fingerprint density at radius 2 is 2.11 bits per heavy atom. The summed E-state index contributed by atoms with van der Waals surface area (Å²) in [5, 5.41) is 3.03. The first-order valence-corrected chi connectivity index (χ1v) is 9.11. The van der Waals surface area contributed by atoms with Gasteiger partial charge in [0.1, 0.15) is 0 Å². The molecule has 0 radical (unpaired) electrons. The second-order valence-corrected chi connectivity index (χ2v) is 6.99. The van der Waals surface area contributed by atoms with Gasteiger partial charge >= 0.3 is 0 Å². The van der Waals surface area contributed by atoms with Gasteiger partial charge in [0.2, 0.25) is 0 Å². The van der Waals surface area contributed by atoms with Crippen molar-refractivity contribution >= 4 is 39.8 Å². The van der Waals surface area contributed by atoms with Crippen LogP contribution < -0.4 is 5.32 Å². The quantitative estimate of drug-likeness (QED) is 0.435. The van der Waals surface area contributed by atoms with Crippen LogP contribution in [0.25, 0.3) is 0 Å². The topological polar surface area (TPSA) is 29.1 Å². The van der Waals surface area contributed by atoms with Gasteiger partial charge in [0.25, 0.3) is 5.91 Å². The Kier molecular flexibility index (Phi) is 5.95. The molecule has 0 bridgehead atoms. The minimum absolute atomic E-state index is 0.128. The molecule has 0 spiro atoms. The van der Waals surface area contributed by atoms with E-state index in [1.807, 2.05) is 0 Å². The van der Waals surface area contributed by atoms with Crippen molar-refractivity contribution in [1.82, 2.24) is 5.32 Å². The molecule has 0 unspecified atom stereocenters. The van der Waals surface area contributed by atoms with Crippen LogP contribution >= 0.6 is 33.9 Å². The van der Waals surface area contributed by atoms with E-state index >= 15 is 0 Å². The van der Waals surface area contributed by atoms with Crippen molar-refractivity contribution in [2.75, 3.05) is 11.0 Å². The van der Waals surface area contributed by atoms with Gasteiger partial charge in [-0.25, -0.2) is 0 Å². The van der Waals surface area contributed by atoms with Gasteiger partial charge in [-0.3, -0.25) is 4.79 Å². The molecule has 1 aromatic rings. The number of alkyl halides is 1. The average molecular weight is 377 g/mol. The molecule has 18 heavy (non-hydrogen) atoms. The fourth-order valence-electron chi connectivity index (χ4n) is 2.30. The van der Waals surface area contributed by atoms with Gasteiger partial charge in [0.15, 0.2) is 0 Å². The fourth-order valence-corrected chi connectivity index (χ4v) is 4.01. The van der Waals surface area contributed by atoms with E-state index in [1.54, 1.807) is 11.3 Å². The molecule has 1 aromatic heterocycles. The number of unbranched alkanes of at least 4 members (excludes halogenated alkanes) is 3. The van der Waals surface area contributed by atoms with Gasteiger partial charge in [-0.2, -0.15) is 0 Å². The Labute approximate surface area is 127 Å². The molecule has 1 amide bonds. The number of rotatable bonds is 7. The Bertz CT molecular complexity index is 381. The SMILES string of the molecule is O=C(NCCCCCCI)c1cc2c(s1)CCC2. The molecule has 1 heterocycles. The van der Waals surface area contributed by atoms with E-state index in [4.69, 9.17) is 0 Å². The molecule has 100 valence electrons. The van der Waals surface area contributed by atoms with Crippen molar-refractivity contribution in [3.63, 3.8) is 0 Å². The van der Waals surface area contributed by atoms with Crippen molar-refractivity contribution in [1.29, 1.82) is 0 Å². The molecular weight excluding hydrogens is 357 g/mol. The summed E-state index contributed by atoms with van der Waals surface area (Å²) in [4.78, 5) is 14.3. The highest BCUT2D eigenvalue weighted by Crippen LogP contribution is 2.30. The molecule has 1 N–H and O–H groups in total. The van der Waals surface area contributed by atoms with E-state index in [1.165, 1.54) is 47.0 Å². The molecule has 2 nitrogen and oxygen atoms in total. The number of hydrogen-bond donors (Lipinski definition) is 1. The third-order valence-electron chi connectivity index (χ3n) is 3.32. The van der Waals surface area contributed by atoms with Gasteiger partial charge in [-0.05, 0) is 48.2 Å². The van der Waals surface area contributed by atoms with E-state index in [0.29, 0.717) is 0 Å². The second-order valence-electron chi connectivity index (χ2n) is 4.77. The zero-order valence-electron chi connectivity index (χ0n) is 10.6. The number of fused-ring (bicyclic) bond motifs is 1. The van der Waals surface area contributed by atoms with Crippen LogP contribution in [0.15, 0.2) is 6.07 Å². The zero-order chi connectivity index (χ0) is 12.8. The van der Waals surface area contributed by atoms with Crippen LogP contribution in [0.1, 0.15) is 52.2 Å². The number of carbonyl (C=O) groups is 1. The van der Waals surface area contributed by atoms with Crippen molar-refractivity contribution in [3.8, 4) is 0 Å². The maximum atomic E-state index is 11.9. The molecule has 2 rings (SSSR count). The highest BCUT2D eigenvalue weighted by molar-refractivity contribution is 14.1. The molecule has 0 aliphatic heterocycles. The van der Waals surface area contributed by atoms with Crippen LogP contribution in [-0.4, -0.2) is 16.9 Å². The van der Waals surface area contributed by atoms with E-state index in [0.717, 1.165) is 24.3 Å². The number of hydrogen-bond acceptors (Lipinski definition) is 2. The standard InChI is InChI=1S/C14H20INOS/c15-8-3-1-2-4-9-16-14(17)13-10-11-6-5-7-12(11)18-13/h10H,1-9H2,(H,16,17). The Hall–Kier alpha value is -0.100. The normalized spacial score (nSPS) is 13.6. The molecule has 0 atom stereocenters. The van der Waals surface area contributed by atoms with Crippen molar-refractivity contribution in [3.05, 3.63) is 21.4 Å². The van der Waals surface area contributed by atoms with Crippen LogP contribution in [0.2, 0.25) is 0 Å². The lowest BCUT2D eigenvalue weighted by atomic mass is 10.2. The number of nitrogens with one attached hydrogen (secondary N) is 1. The number of carbonyl (C=O) groups excluding carboxylic acids is 1. The maximum absolute atomic E-state index is 11.9. The minimum Gasteiger partial charge on any atom is -0.351 e. The predicted molar refractivity (Wildman–Crippen MR) is 86.0 cm³/mol. The van der Waals surface area contributed by atoms with Crippen LogP contribution in [-0.2, 0) is 12.8 Å². The molecule has 1 aliphatic carbocycles. The lowest BCUT2D eigenvalue weighted by Crippen LogP contribution is -2.23. The smallest absolute Gasteiger partial charge is 0.261 e. The summed E-state index contributed by atoms with van der Waals surface area (Å²) in [6.07, 6.45) is 8.51. The van der Waals surface area contributed by atoms with E-state index in [9.17, 15) is 4.79 Å². The first-order chi connectivity index (χ1) is 8.81. The Morgan fingerprint density at radius 3 is 2.89 bits per heavy atom. The highest BCUT2D eigenvalue weighted by Gasteiger charge is 2.17. The molecule has 0 saturated carbocycles. The van der Waals surface area contributed by atoms with Gasteiger partial charge in [-0.15, -0.1) is 11.3 Å². The number of amides is 1. The summed E-state index contributed by atoms with van der Waals surface area (Å²) >= 11 is 4.10. The maximum Gasteiger partial charge on any atom is 0.261 e. The molecule has 1 aliphatic rings. The lowest BCUT2D eigenvalue weighted by Gasteiger charge is -2.03. The van der Waals surface area contributed by atoms with E-state index in [-0.39, 0.29) is 5.91 Å². The molecule has 0 aromatic carbocycles. The minimum atomic E-state index is 0.128. The predicted octanol–water partition coefficient (Wildman–Crippen LogP) is 3.96. The number of halogens is 1. The number of aryl methyl sites for hydroxylation is 2. The summed E-state index contributed by atoms with van der Waals surface area (Å²) in [5.41, 5.74) is 1.41. The fraction of sp³-hybridized carbons (Fsp3) is 0.643. The lowest BCUT2D eigenvalue weighted by molar-refractivity contribution is 0.0957. The summed E-state index contributed by atoms with van der Waals surface area (Å²) in [6.45, 7) is 0.822. The van der Waals surface area contributed by atoms with Gasteiger partial charge in [-0.1, -0.05) is 35.4 Å². The average Bonchev–Trinajstić information content (AvgIpc) is 2.93. The third-order valence-corrected chi connectivity index (χ3v) is 5.32. The second kappa shape index (κ2) is 7.48. The highest BCUT2D eigenvalue weighted by atomic mass is 127. The summed E-state index contributed by atoms with van der Waals surface area (Å²) in [5.74, 6) is 0.128. The largest absolute Gasteiger partial charge is 0.351 e. The first-order valence-electron chi connectivity index (χ1n) is 6.77. The summed E-state index contributed by atoms with van der Waals surface area (Å²) < 4.78 is 1.24. The van der Waals surface area contributed by atoms with Gasteiger partial charge in [0, 0.05) is 11.4 Å². The first kappa shape index (κ1) is 14.3.